The van der Waals surface area contributed by atoms with E-state index in [9.17, 15) is 19.5 Å². The minimum atomic E-state index is -0.947. The van der Waals surface area contributed by atoms with Crippen LogP contribution in [0.5, 0.6) is 5.75 Å². The summed E-state index contributed by atoms with van der Waals surface area (Å²) in [6.45, 7) is 11.6. The van der Waals surface area contributed by atoms with Crippen molar-refractivity contribution < 1.29 is 14.7 Å². The van der Waals surface area contributed by atoms with Crippen LogP contribution in [0.4, 0.5) is 4.79 Å². The van der Waals surface area contributed by atoms with Crippen LogP contribution in [0.2, 0.25) is 0 Å². The Labute approximate surface area is 171 Å². The summed E-state index contributed by atoms with van der Waals surface area (Å²) in [6, 6.07) is 8.61. The van der Waals surface area contributed by atoms with Crippen LogP contribution in [0, 0.1) is 0 Å². The van der Waals surface area contributed by atoms with E-state index in [0.29, 0.717) is 0 Å². The minimum absolute atomic E-state index is 0.118. The van der Waals surface area contributed by atoms with E-state index in [1.165, 1.54) is 11.9 Å². The Hall–Kier alpha value is -3.16. The van der Waals surface area contributed by atoms with Gasteiger partial charge in [-0.1, -0.05) is 58.0 Å². The summed E-state index contributed by atoms with van der Waals surface area (Å²) < 4.78 is 0.795. The molecule has 2 amide bonds. The molecule has 1 aliphatic rings. The summed E-state index contributed by atoms with van der Waals surface area (Å²) >= 11 is 0. The molecule has 1 aromatic carbocycles. The van der Waals surface area contributed by atoms with Gasteiger partial charge in [-0.2, -0.15) is 0 Å². The molecule has 2 heterocycles. The first-order valence-corrected chi connectivity index (χ1v) is 9.72. The molecule has 158 valence electrons. The van der Waals surface area contributed by atoms with E-state index in [1.807, 2.05) is 58.0 Å². The van der Waals surface area contributed by atoms with Crippen molar-refractivity contribution in [2.45, 2.75) is 53.6 Å². The molecule has 0 radical (unpaired) electrons. The highest BCUT2D eigenvalue weighted by molar-refractivity contribution is 5.95. The largest absolute Gasteiger partial charge is 0.501 e. The zero-order valence-corrected chi connectivity index (χ0v) is 18.1. The molecule has 0 unspecified atom stereocenters. The van der Waals surface area contributed by atoms with Crippen molar-refractivity contribution in [1.29, 1.82) is 0 Å². The zero-order valence-electron chi connectivity index (χ0n) is 18.1. The third-order valence-electron chi connectivity index (χ3n) is 4.43. The number of benzene rings is 1. The summed E-state index contributed by atoms with van der Waals surface area (Å²) in [5.41, 5.74) is -1.35. The van der Waals surface area contributed by atoms with Crippen molar-refractivity contribution in [2.24, 2.45) is 0 Å². The third-order valence-corrected chi connectivity index (χ3v) is 4.43. The molecule has 0 atom stereocenters. The summed E-state index contributed by atoms with van der Waals surface area (Å²) in [4.78, 5) is 42.4. The molecular weight excluding hydrogens is 372 g/mol. The molecule has 0 bridgehead atoms. The molecule has 0 aliphatic carbocycles. The van der Waals surface area contributed by atoms with Crippen molar-refractivity contribution in [2.75, 3.05) is 7.05 Å². The molecule has 0 fully saturated rings. The zero-order chi connectivity index (χ0) is 22.4. The van der Waals surface area contributed by atoms with Crippen LogP contribution in [0.1, 0.15) is 63.4 Å². The fraction of sp³-hybridized carbons (Fsp3) is 0.429. The van der Waals surface area contributed by atoms with Crippen LogP contribution in [-0.4, -0.2) is 38.5 Å². The summed E-state index contributed by atoms with van der Waals surface area (Å²) in [6.07, 6.45) is 0. The Morgan fingerprint density at radius 2 is 1.66 bits per heavy atom. The number of hydrogen-bond acceptors (Lipinski definition) is 5. The maximum atomic E-state index is 12.4. The molecule has 0 spiro atoms. The van der Waals surface area contributed by atoms with Crippen molar-refractivity contribution in [3.05, 3.63) is 57.8 Å². The van der Waals surface area contributed by atoms with E-state index in [1.54, 1.807) is 13.8 Å². The SMILES string of the molecule is CC.CC.CN1C(=O)n2c(nc(C(=O)NCc3ccccc3)c(O)c2=O)C1(C)C. The highest BCUT2D eigenvalue weighted by Gasteiger charge is 2.44. The molecule has 8 heteroatoms. The Morgan fingerprint density at radius 3 is 2.21 bits per heavy atom. The molecule has 2 aromatic rings. The number of nitrogens with one attached hydrogen (secondary N) is 1. The van der Waals surface area contributed by atoms with Gasteiger partial charge in [-0.05, 0) is 19.4 Å². The van der Waals surface area contributed by atoms with E-state index >= 15 is 0 Å². The Bertz CT molecular complexity index is 920. The average molecular weight is 402 g/mol. The second-order valence-corrected chi connectivity index (χ2v) is 6.34. The maximum Gasteiger partial charge on any atom is 0.333 e. The fourth-order valence-electron chi connectivity index (χ4n) is 2.66. The molecule has 1 aliphatic heterocycles. The van der Waals surface area contributed by atoms with Gasteiger partial charge in [0.15, 0.2) is 5.69 Å². The number of amides is 2. The van der Waals surface area contributed by atoms with Gasteiger partial charge in [-0.15, -0.1) is 0 Å². The highest BCUT2D eigenvalue weighted by Crippen LogP contribution is 2.31. The number of aromatic hydroxyl groups is 1. The molecule has 0 saturated carbocycles. The molecule has 0 saturated heterocycles. The number of carbonyl (C=O) groups excluding carboxylic acids is 2. The second-order valence-electron chi connectivity index (χ2n) is 6.34. The fourth-order valence-corrected chi connectivity index (χ4v) is 2.66. The monoisotopic (exact) mass is 402 g/mol. The van der Waals surface area contributed by atoms with Crippen LogP contribution in [0.15, 0.2) is 35.1 Å². The van der Waals surface area contributed by atoms with Gasteiger partial charge in [0.1, 0.15) is 5.82 Å². The Kier molecular flexibility index (Phi) is 8.12. The van der Waals surface area contributed by atoms with E-state index in [0.717, 1.165) is 10.1 Å². The van der Waals surface area contributed by atoms with Gasteiger partial charge >= 0.3 is 11.6 Å². The van der Waals surface area contributed by atoms with Gasteiger partial charge in [0, 0.05) is 13.6 Å². The van der Waals surface area contributed by atoms with E-state index in [-0.39, 0.29) is 18.1 Å². The number of carbonyl (C=O) groups is 2. The van der Waals surface area contributed by atoms with Crippen LogP contribution in [0.25, 0.3) is 0 Å². The lowest BCUT2D eigenvalue weighted by Gasteiger charge is -2.25. The van der Waals surface area contributed by atoms with Crippen molar-refractivity contribution in [1.82, 2.24) is 19.8 Å². The predicted molar refractivity (Wildman–Crippen MR) is 112 cm³/mol. The van der Waals surface area contributed by atoms with Gasteiger partial charge in [-0.25, -0.2) is 14.3 Å². The quantitative estimate of drug-likeness (QED) is 0.821. The number of nitrogens with zero attached hydrogens (tertiary/aromatic N) is 3. The van der Waals surface area contributed by atoms with Gasteiger partial charge in [0.25, 0.3) is 5.91 Å². The normalized spacial score (nSPS) is 13.5. The van der Waals surface area contributed by atoms with Crippen molar-refractivity contribution in [3.63, 3.8) is 0 Å². The number of rotatable bonds is 3. The standard InChI is InChI=1S/C17H18N4O4.2C2H6/c1-17(2)15-19-11(12(22)14(24)21(15)16(25)20(17)3)13(23)18-9-10-7-5-4-6-8-10;2*1-2/h4-8,22H,9H2,1-3H3,(H,18,23);2*1-2H3. The second kappa shape index (κ2) is 9.86. The van der Waals surface area contributed by atoms with E-state index < -0.39 is 28.8 Å². The molecule has 3 rings (SSSR count). The topological polar surface area (TPSA) is 105 Å². The summed E-state index contributed by atoms with van der Waals surface area (Å²) in [5, 5.41) is 12.7. The predicted octanol–water partition coefficient (Wildman–Crippen LogP) is 3.08. The lowest BCUT2D eigenvalue weighted by atomic mass is 10.0. The van der Waals surface area contributed by atoms with Crippen LogP contribution in [-0.2, 0) is 12.1 Å². The Balaban J connectivity index is 0.000000989. The summed E-state index contributed by atoms with van der Waals surface area (Å²) in [7, 11) is 1.53. The summed E-state index contributed by atoms with van der Waals surface area (Å²) in [5.74, 6) is -1.40. The molecular formula is C21H30N4O4. The lowest BCUT2D eigenvalue weighted by molar-refractivity contribution is 0.0941. The maximum absolute atomic E-state index is 12.4. The van der Waals surface area contributed by atoms with Gasteiger partial charge in [0.05, 0.1) is 5.54 Å². The third kappa shape index (κ3) is 4.47. The minimum Gasteiger partial charge on any atom is -0.501 e. The van der Waals surface area contributed by atoms with Gasteiger partial charge in [-0.3, -0.25) is 9.59 Å². The molecule has 2 N–H and O–H groups in total. The van der Waals surface area contributed by atoms with E-state index in [2.05, 4.69) is 10.3 Å². The molecule has 1 aromatic heterocycles. The highest BCUT2D eigenvalue weighted by atomic mass is 16.3. The number of hydrogen-bond donors (Lipinski definition) is 2. The van der Waals surface area contributed by atoms with Crippen LogP contribution in [0.3, 0.4) is 0 Å². The van der Waals surface area contributed by atoms with Gasteiger partial charge in [0.2, 0.25) is 5.75 Å². The van der Waals surface area contributed by atoms with Crippen molar-refractivity contribution in [3.8, 4) is 5.75 Å². The Morgan fingerprint density at radius 1 is 1.10 bits per heavy atom. The first kappa shape index (κ1) is 23.9. The number of fused-ring (bicyclic) bond motifs is 1. The van der Waals surface area contributed by atoms with Crippen LogP contribution < -0.4 is 10.9 Å². The number of aromatic nitrogens is 2. The first-order chi connectivity index (χ1) is 13.7. The van der Waals surface area contributed by atoms with Crippen molar-refractivity contribution >= 4 is 11.9 Å². The molecule has 8 nitrogen and oxygen atoms in total. The smallest absolute Gasteiger partial charge is 0.333 e. The lowest BCUT2D eigenvalue weighted by Crippen LogP contribution is -2.36. The van der Waals surface area contributed by atoms with E-state index in [4.69, 9.17) is 0 Å². The average Bonchev–Trinajstić information content (AvgIpc) is 2.92. The molecule has 29 heavy (non-hydrogen) atoms. The van der Waals surface area contributed by atoms with Crippen LogP contribution >= 0.6 is 0 Å². The first-order valence-electron chi connectivity index (χ1n) is 9.72. The van der Waals surface area contributed by atoms with Gasteiger partial charge < -0.3 is 15.3 Å².